The quantitative estimate of drug-likeness (QED) is 0.729. The Kier molecular flexibility index (Phi) is 3.48. The summed E-state index contributed by atoms with van der Waals surface area (Å²) in [5.74, 6) is 0.868. The van der Waals surface area contributed by atoms with Crippen LogP contribution in [-0.2, 0) is 0 Å². The Morgan fingerprint density at radius 1 is 1.00 bits per heavy atom. The molecular weight excluding hydrogens is 266 g/mol. The van der Waals surface area contributed by atoms with Crippen molar-refractivity contribution >= 4 is 12.2 Å². The van der Waals surface area contributed by atoms with Crippen LogP contribution >= 0.6 is 12.2 Å². The monoisotopic (exact) mass is 281 g/mol. The molecule has 0 aliphatic heterocycles. The highest BCUT2D eigenvalue weighted by Gasteiger charge is 2.15. The summed E-state index contributed by atoms with van der Waals surface area (Å²) in [6.07, 6.45) is 0. The van der Waals surface area contributed by atoms with Crippen molar-refractivity contribution < 1.29 is 0 Å². The van der Waals surface area contributed by atoms with Crippen LogP contribution < -0.4 is 0 Å². The van der Waals surface area contributed by atoms with Gasteiger partial charge in [0.2, 0.25) is 0 Å². The fourth-order valence-electron chi connectivity index (χ4n) is 2.34. The van der Waals surface area contributed by atoms with E-state index in [1.54, 1.807) is 0 Å². The summed E-state index contributed by atoms with van der Waals surface area (Å²) in [6, 6.07) is 20.5. The van der Waals surface area contributed by atoms with Gasteiger partial charge < -0.3 is 0 Å². The number of benzene rings is 2. The highest BCUT2D eigenvalue weighted by Crippen LogP contribution is 2.25. The van der Waals surface area contributed by atoms with Crippen molar-refractivity contribution in [3.05, 3.63) is 71.0 Å². The third-order valence-electron chi connectivity index (χ3n) is 3.41. The summed E-state index contributed by atoms with van der Waals surface area (Å²) >= 11 is 5.39. The lowest BCUT2D eigenvalue weighted by Crippen LogP contribution is -2.08. The van der Waals surface area contributed by atoms with E-state index in [-0.39, 0.29) is 6.04 Å². The van der Waals surface area contributed by atoms with Gasteiger partial charge in [-0.2, -0.15) is 5.10 Å². The Morgan fingerprint density at radius 2 is 1.60 bits per heavy atom. The number of aromatic amines is 1. The average molecular weight is 281 g/mol. The third-order valence-corrected chi connectivity index (χ3v) is 3.69. The van der Waals surface area contributed by atoms with Gasteiger partial charge in [-0.1, -0.05) is 60.7 Å². The van der Waals surface area contributed by atoms with Crippen molar-refractivity contribution in [1.29, 1.82) is 0 Å². The van der Waals surface area contributed by atoms with Crippen LogP contribution in [0.3, 0.4) is 0 Å². The first-order chi connectivity index (χ1) is 9.77. The van der Waals surface area contributed by atoms with E-state index in [0.29, 0.717) is 4.77 Å². The topological polar surface area (TPSA) is 33.6 Å². The fraction of sp³-hybridized carbons (Fsp3) is 0.125. The molecule has 3 nitrogen and oxygen atoms in total. The first-order valence-electron chi connectivity index (χ1n) is 6.54. The predicted molar refractivity (Wildman–Crippen MR) is 83.1 cm³/mol. The second-order valence-electron chi connectivity index (χ2n) is 4.68. The maximum Gasteiger partial charge on any atom is 0.196 e. The second-order valence-corrected chi connectivity index (χ2v) is 5.06. The van der Waals surface area contributed by atoms with Crippen LogP contribution in [0.2, 0.25) is 0 Å². The lowest BCUT2D eigenvalue weighted by atomic mass is 10.1. The highest BCUT2D eigenvalue weighted by atomic mass is 32.1. The van der Waals surface area contributed by atoms with E-state index in [1.165, 1.54) is 5.56 Å². The number of nitrogens with zero attached hydrogens (tertiary/aromatic N) is 2. The largest absolute Gasteiger partial charge is 0.293 e. The molecule has 20 heavy (non-hydrogen) atoms. The van der Waals surface area contributed by atoms with Gasteiger partial charge in [-0.3, -0.25) is 9.67 Å². The van der Waals surface area contributed by atoms with Gasteiger partial charge >= 0.3 is 0 Å². The van der Waals surface area contributed by atoms with E-state index >= 15 is 0 Å². The van der Waals surface area contributed by atoms with Gasteiger partial charge in [-0.15, -0.1) is 0 Å². The van der Waals surface area contributed by atoms with Gasteiger partial charge in [0, 0.05) is 5.56 Å². The minimum atomic E-state index is 0.137. The Bertz CT molecular complexity index is 744. The Morgan fingerprint density at radius 3 is 2.25 bits per heavy atom. The molecule has 0 saturated carbocycles. The number of nitrogens with one attached hydrogen (secondary N) is 1. The Labute approximate surface area is 122 Å². The summed E-state index contributed by atoms with van der Waals surface area (Å²) in [7, 11) is 0. The number of aromatic nitrogens is 3. The van der Waals surface area contributed by atoms with Gasteiger partial charge in [0.15, 0.2) is 10.6 Å². The molecule has 4 heteroatoms. The molecule has 1 N–H and O–H groups in total. The summed E-state index contributed by atoms with van der Waals surface area (Å²) in [5.41, 5.74) is 2.27. The molecule has 1 atom stereocenters. The first kappa shape index (κ1) is 12.8. The van der Waals surface area contributed by atoms with Gasteiger partial charge in [0.25, 0.3) is 0 Å². The van der Waals surface area contributed by atoms with E-state index in [9.17, 15) is 0 Å². The second kappa shape index (κ2) is 5.43. The van der Waals surface area contributed by atoms with Gasteiger partial charge in [0.1, 0.15) is 0 Å². The van der Waals surface area contributed by atoms with E-state index in [2.05, 4.69) is 33.8 Å². The normalized spacial score (nSPS) is 12.2. The molecule has 3 rings (SSSR count). The lowest BCUT2D eigenvalue weighted by Gasteiger charge is -2.16. The highest BCUT2D eigenvalue weighted by molar-refractivity contribution is 7.71. The number of H-pyrrole nitrogens is 1. The van der Waals surface area contributed by atoms with Crippen LogP contribution in [0.1, 0.15) is 18.5 Å². The molecule has 0 saturated heterocycles. The van der Waals surface area contributed by atoms with Crippen LogP contribution in [0.5, 0.6) is 0 Å². The smallest absolute Gasteiger partial charge is 0.196 e. The van der Waals surface area contributed by atoms with Crippen molar-refractivity contribution in [2.45, 2.75) is 13.0 Å². The van der Waals surface area contributed by atoms with Gasteiger partial charge in [0.05, 0.1) is 6.04 Å². The third kappa shape index (κ3) is 2.30. The zero-order chi connectivity index (χ0) is 13.9. The van der Waals surface area contributed by atoms with Crippen LogP contribution in [0.4, 0.5) is 0 Å². The van der Waals surface area contributed by atoms with Crippen molar-refractivity contribution in [3.63, 3.8) is 0 Å². The zero-order valence-corrected chi connectivity index (χ0v) is 12.0. The van der Waals surface area contributed by atoms with Crippen LogP contribution in [0, 0.1) is 4.77 Å². The van der Waals surface area contributed by atoms with Crippen molar-refractivity contribution in [2.75, 3.05) is 0 Å². The zero-order valence-electron chi connectivity index (χ0n) is 11.2. The Hall–Kier alpha value is -2.20. The summed E-state index contributed by atoms with van der Waals surface area (Å²) in [6.45, 7) is 2.13. The van der Waals surface area contributed by atoms with Crippen molar-refractivity contribution in [1.82, 2.24) is 14.8 Å². The maximum atomic E-state index is 5.39. The molecule has 0 aliphatic rings. The van der Waals surface area contributed by atoms with Crippen molar-refractivity contribution in [2.24, 2.45) is 0 Å². The van der Waals surface area contributed by atoms with Crippen LogP contribution in [-0.4, -0.2) is 14.8 Å². The summed E-state index contributed by atoms with van der Waals surface area (Å²) < 4.78 is 2.69. The molecule has 2 aromatic carbocycles. The van der Waals surface area contributed by atoms with E-state index in [1.807, 2.05) is 48.5 Å². The van der Waals surface area contributed by atoms with Gasteiger partial charge in [-0.05, 0) is 24.7 Å². The predicted octanol–water partition coefficient (Wildman–Crippen LogP) is 4.22. The SMILES string of the molecule is CC(c1ccccc1)n1c(-c2ccccc2)n[nH]c1=S. The molecule has 3 aromatic rings. The molecule has 1 heterocycles. The molecule has 0 radical (unpaired) electrons. The Balaban J connectivity index is 2.11. The molecule has 1 aromatic heterocycles. The number of hydrogen-bond acceptors (Lipinski definition) is 2. The van der Waals surface area contributed by atoms with Gasteiger partial charge in [-0.25, -0.2) is 0 Å². The molecule has 0 spiro atoms. The number of rotatable bonds is 3. The first-order valence-corrected chi connectivity index (χ1v) is 6.95. The molecule has 0 bridgehead atoms. The molecule has 1 unspecified atom stereocenters. The van der Waals surface area contributed by atoms with E-state index in [4.69, 9.17) is 12.2 Å². The van der Waals surface area contributed by atoms with Crippen LogP contribution in [0.15, 0.2) is 60.7 Å². The summed E-state index contributed by atoms with van der Waals surface area (Å²) in [4.78, 5) is 0. The minimum Gasteiger partial charge on any atom is -0.293 e. The average Bonchev–Trinajstić information content (AvgIpc) is 2.90. The van der Waals surface area contributed by atoms with E-state index in [0.717, 1.165) is 11.4 Å². The maximum absolute atomic E-state index is 5.39. The molecule has 100 valence electrons. The standard InChI is InChI=1S/C16H15N3S/c1-12(13-8-4-2-5-9-13)19-15(17-18-16(19)20)14-10-6-3-7-11-14/h2-12H,1H3,(H,18,20). The molecule has 0 amide bonds. The molecular formula is C16H15N3S. The van der Waals surface area contributed by atoms with Crippen molar-refractivity contribution in [3.8, 4) is 11.4 Å². The minimum absolute atomic E-state index is 0.137. The van der Waals surface area contributed by atoms with Crippen LogP contribution in [0.25, 0.3) is 11.4 Å². The van der Waals surface area contributed by atoms with E-state index < -0.39 is 0 Å². The molecule has 0 fully saturated rings. The summed E-state index contributed by atoms with van der Waals surface area (Å²) in [5, 5.41) is 7.28. The fourth-order valence-corrected chi connectivity index (χ4v) is 2.63. The lowest BCUT2D eigenvalue weighted by molar-refractivity contribution is 0.635. The molecule has 0 aliphatic carbocycles. The number of hydrogen-bond donors (Lipinski definition) is 1.